The van der Waals surface area contributed by atoms with E-state index < -0.39 is 19.4 Å². The Hall–Kier alpha value is -1.69. The van der Waals surface area contributed by atoms with Crippen molar-refractivity contribution < 1.29 is 14.4 Å². The van der Waals surface area contributed by atoms with Gasteiger partial charge in [0.05, 0.1) is 0 Å². The molecule has 0 saturated carbocycles. The number of terminal acetylenes is 1. The number of hydrogen-bond acceptors (Lipinski definition) is 3. The van der Waals surface area contributed by atoms with Crippen molar-refractivity contribution in [3.63, 3.8) is 0 Å². The molecule has 2 aromatic rings. The average Bonchev–Trinajstić information content (AvgIpc) is 2.61. The molecule has 1 saturated heterocycles. The Kier molecular flexibility index (Phi) is 4.76. The number of ether oxygens (including phenoxy) is 2. The Morgan fingerprint density at radius 1 is 1.04 bits per heavy atom. The van der Waals surface area contributed by atoms with Crippen LogP contribution in [0.1, 0.15) is 13.8 Å². The topological polar surface area (TPSA) is 38.7 Å². The second-order valence-corrected chi connectivity index (χ2v) is 9.95. The first-order valence-corrected chi connectivity index (χ1v) is 10.1. The molecule has 0 bridgehead atoms. The van der Waals surface area contributed by atoms with Crippen LogP contribution in [0.25, 0.3) is 0 Å². The molecule has 1 heterocycles. The summed E-state index contributed by atoms with van der Waals surface area (Å²) in [4.78, 5) is 11.9. The van der Waals surface area contributed by atoms with Crippen molar-refractivity contribution in [2.45, 2.75) is 31.4 Å². The van der Waals surface area contributed by atoms with Crippen LogP contribution in [0.4, 0.5) is 0 Å². The number of rotatable bonds is 3. The summed E-state index contributed by atoms with van der Waals surface area (Å²) in [6, 6.07) is 19.5. The van der Waals surface area contributed by atoms with Crippen molar-refractivity contribution in [3.8, 4) is 12.3 Å². The van der Waals surface area contributed by atoms with E-state index in [0.29, 0.717) is 6.61 Å². The molecule has 1 N–H and O–H groups in total. The molecule has 2 aromatic carbocycles. The Balaban J connectivity index is 2.11. The van der Waals surface area contributed by atoms with E-state index >= 15 is 0 Å². The van der Waals surface area contributed by atoms with Crippen molar-refractivity contribution in [3.05, 3.63) is 60.7 Å². The van der Waals surface area contributed by atoms with E-state index in [-0.39, 0.29) is 5.66 Å². The summed E-state index contributed by atoms with van der Waals surface area (Å²) in [5, 5.41) is 1.82. The average molecular weight is 342 g/mol. The van der Waals surface area contributed by atoms with Crippen LogP contribution in [0.5, 0.6) is 0 Å². The first kappa shape index (κ1) is 17.1. The van der Waals surface area contributed by atoms with E-state index in [1.165, 1.54) is 0 Å². The molecular formula is C20H23O3P. The van der Waals surface area contributed by atoms with Crippen LogP contribution in [-0.4, -0.2) is 29.1 Å². The fraction of sp³-hybridized carbons (Fsp3) is 0.300. The zero-order valence-electron chi connectivity index (χ0n) is 14.0. The Morgan fingerprint density at radius 3 is 2.00 bits per heavy atom. The van der Waals surface area contributed by atoms with E-state index in [1.807, 2.05) is 74.5 Å². The second-order valence-electron chi connectivity index (χ2n) is 6.52. The molecule has 0 aliphatic carbocycles. The molecule has 1 aliphatic heterocycles. The SMILES string of the molecule is C#C[C@@H]1OC(C)(C)OCC1[PH](O)(c1ccccc1)c1ccccc1. The summed E-state index contributed by atoms with van der Waals surface area (Å²) < 4.78 is 11.8. The van der Waals surface area contributed by atoms with E-state index in [1.54, 1.807) is 0 Å². The predicted octanol–water partition coefficient (Wildman–Crippen LogP) is 2.45. The van der Waals surface area contributed by atoms with Gasteiger partial charge in [-0.15, -0.1) is 0 Å². The number of hydrogen-bond donors (Lipinski definition) is 1. The molecule has 0 spiro atoms. The van der Waals surface area contributed by atoms with Gasteiger partial charge in [-0.1, -0.05) is 0 Å². The molecule has 0 radical (unpaired) electrons. The van der Waals surface area contributed by atoms with Crippen LogP contribution in [-0.2, 0) is 9.47 Å². The molecular weight excluding hydrogens is 319 g/mol. The predicted molar refractivity (Wildman–Crippen MR) is 100 cm³/mol. The van der Waals surface area contributed by atoms with Gasteiger partial charge in [0, 0.05) is 0 Å². The van der Waals surface area contributed by atoms with Crippen LogP contribution in [0.3, 0.4) is 0 Å². The first-order chi connectivity index (χ1) is 11.5. The Labute approximate surface area is 144 Å². The second kappa shape index (κ2) is 6.67. The van der Waals surface area contributed by atoms with Gasteiger partial charge in [0.1, 0.15) is 0 Å². The van der Waals surface area contributed by atoms with Gasteiger partial charge in [-0.25, -0.2) is 0 Å². The monoisotopic (exact) mass is 342 g/mol. The Morgan fingerprint density at radius 2 is 1.54 bits per heavy atom. The first-order valence-electron chi connectivity index (χ1n) is 8.09. The normalized spacial score (nSPS) is 24.1. The van der Waals surface area contributed by atoms with E-state index in [9.17, 15) is 4.89 Å². The maximum atomic E-state index is 11.9. The van der Waals surface area contributed by atoms with Crippen molar-refractivity contribution >= 4 is 18.1 Å². The minimum atomic E-state index is -3.14. The van der Waals surface area contributed by atoms with Gasteiger partial charge < -0.3 is 0 Å². The summed E-state index contributed by atoms with van der Waals surface area (Å²) in [5.74, 6) is 1.99. The molecule has 24 heavy (non-hydrogen) atoms. The van der Waals surface area contributed by atoms with E-state index in [0.717, 1.165) is 10.6 Å². The summed E-state index contributed by atoms with van der Waals surface area (Å²) >= 11 is 0. The van der Waals surface area contributed by atoms with E-state index in [4.69, 9.17) is 15.9 Å². The van der Waals surface area contributed by atoms with Crippen molar-refractivity contribution in [2.24, 2.45) is 0 Å². The molecule has 1 unspecified atom stereocenters. The van der Waals surface area contributed by atoms with Gasteiger partial charge in [-0.2, -0.15) is 0 Å². The summed E-state index contributed by atoms with van der Waals surface area (Å²) in [6.07, 6.45) is 5.25. The molecule has 0 aromatic heterocycles. The van der Waals surface area contributed by atoms with Gasteiger partial charge >= 0.3 is 143 Å². The molecule has 3 nitrogen and oxygen atoms in total. The van der Waals surface area contributed by atoms with Crippen LogP contribution in [0.15, 0.2) is 60.7 Å². The third kappa shape index (κ3) is 3.11. The maximum absolute atomic E-state index is 11.9. The molecule has 1 aliphatic rings. The van der Waals surface area contributed by atoms with Gasteiger partial charge in [-0.05, 0) is 0 Å². The summed E-state index contributed by atoms with van der Waals surface area (Å²) in [6.45, 7) is 4.06. The van der Waals surface area contributed by atoms with Gasteiger partial charge in [0.25, 0.3) is 0 Å². The minimum absolute atomic E-state index is 0.277. The van der Waals surface area contributed by atoms with E-state index in [2.05, 4.69) is 5.92 Å². The van der Waals surface area contributed by atoms with Crippen LogP contribution < -0.4 is 10.6 Å². The molecule has 3 rings (SSSR count). The third-order valence-electron chi connectivity index (χ3n) is 4.52. The molecule has 0 amide bonds. The zero-order valence-corrected chi connectivity index (χ0v) is 15.0. The van der Waals surface area contributed by atoms with Crippen molar-refractivity contribution in [1.29, 1.82) is 0 Å². The number of benzene rings is 2. The van der Waals surface area contributed by atoms with Crippen molar-refractivity contribution in [2.75, 3.05) is 6.61 Å². The summed E-state index contributed by atoms with van der Waals surface area (Å²) in [7, 11) is -3.14. The fourth-order valence-corrected chi connectivity index (χ4v) is 6.79. The van der Waals surface area contributed by atoms with Crippen LogP contribution >= 0.6 is 7.49 Å². The molecule has 126 valence electrons. The van der Waals surface area contributed by atoms with Gasteiger partial charge in [0.15, 0.2) is 0 Å². The quantitative estimate of drug-likeness (QED) is 0.688. The van der Waals surface area contributed by atoms with Crippen molar-refractivity contribution in [1.82, 2.24) is 0 Å². The van der Waals surface area contributed by atoms with Crippen LogP contribution in [0, 0.1) is 12.3 Å². The van der Waals surface area contributed by atoms with Gasteiger partial charge in [-0.3, -0.25) is 0 Å². The van der Waals surface area contributed by atoms with Gasteiger partial charge in [0.2, 0.25) is 0 Å². The fourth-order valence-electron chi connectivity index (χ4n) is 3.27. The zero-order chi connectivity index (χ0) is 17.2. The Bertz CT molecular complexity index is 682. The third-order valence-corrected chi connectivity index (χ3v) is 8.49. The van der Waals surface area contributed by atoms with Crippen LogP contribution in [0.2, 0.25) is 0 Å². The molecule has 2 atom stereocenters. The summed E-state index contributed by atoms with van der Waals surface area (Å²) in [5.41, 5.74) is -0.277. The molecule has 4 heteroatoms. The molecule has 1 fully saturated rings. The standard InChI is InChI=1S/C20H23O3P/c1-4-18-19(15-22-20(2,3)23-18)24(21,16-11-7-5-8-12-16)17-13-9-6-10-14-17/h1,5-14,18-19,21,24H,15H2,2-3H3/t18-,19?/m0/s1.